The number of ketones is 1. The lowest BCUT2D eigenvalue weighted by Gasteiger charge is -2.07. The molecule has 0 heterocycles. The summed E-state index contributed by atoms with van der Waals surface area (Å²) in [5.74, 6) is -1.76. The molecule has 3 nitrogen and oxygen atoms in total. The topological polar surface area (TPSA) is 46.2 Å². The van der Waals surface area contributed by atoms with E-state index >= 15 is 0 Å². The summed E-state index contributed by atoms with van der Waals surface area (Å²) < 4.78 is 26.5. The summed E-state index contributed by atoms with van der Waals surface area (Å²) in [6, 6.07) is 9.30. The number of rotatable bonds is 5. The predicted molar refractivity (Wildman–Crippen MR) is 94.6 cm³/mol. The second-order valence-electron chi connectivity index (χ2n) is 4.59. The highest BCUT2D eigenvalue weighted by Gasteiger charge is 2.10. The van der Waals surface area contributed by atoms with Gasteiger partial charge in [0.2, 0.25) is 5.91 Å². The highest BCUT2D eigenvalue weighted by molar-refractivity contribution is 9.09. The van der Waals surface area contributed by atoms with Crippen LogP contribution in [0, 0.1) is 11.6 Å². The number of hydrogen-bond donors (Lipinski definition) is 1. The largest absolute Gasteiger partial charge is 0.326 e. The van der Waals surface area contributed by atoms with Crippen LogP contribution in [0.1, 0.15) is 29.8 Å². The molecule has 6 heteroatoms. The number of hydrogen-bond acceptors (Lipinski definition) is 2. The Hall–Kier alpha value is -2.08. The van der Waals surface area contributed by atoms with E-state index in [0.717, 1.165) is 18.2 Å². The molecular formula is C18H18BrF2NO2. The van der Waals surface area contributed by atoms with Crippen LogP contribution in [0.2, 0.25) is 0 Å². The molecule has 0 spiro atoms. The van der Waals surface area contributed by atoms with Gasteiger partial charge in [-0.25, -0.2) is 8.78 Å². The van der Waals surface area contributed by atoms with Gasteiger partial charge in [-0.2, -0.15) is 0 Å². The molecule has 0 aliphatic rings. The van der Waals surface area contributed by atoms with Gasteiger partial charge >= 0.3 is 0 Å². The van der Waals surface area contributed by atoms with Crippen molar-refractivity contribution >= 4 is 33.3 Å². The molecule has 2 aromatic carbocycles. The molecule has 128 valence electrons. The Morgan fingerprint density at radius 1 is 1.04 bits per heavy atom. The molecule has 0 unspecified atom stereocenters. The van der Waals surface area contributed by atoms with Crippen LogP contribution in [0.4, 0.5) is 14.5 Å². The summed E-state index contributed by atoms with van der Waals surface area (Å²) in [4.78, 5) is 23.3. The van der Waals surface area contributed by atoms with Crippen LogP contribution < -0.4 is 5.32 Å². The van der Waals surface area contributed by atoms with Crippen molar-refractivity contribution in [1.29, 1.82) is 0 Å². The van der Waals surface area contributed by atoms with Gasteiger partial charge in [0, 0.05) is 16.8 Å². The van der Waals surface area contributed by atoms with Gasteiger partial charge in [-0.05, 0) is 42.5 Å². The Balaban J connectivity index is 0.00000139. The third-order valence-electron chi connectivity index (χ3n) is 2.97. The molecule has 0 aliphatic carbocycles. The number of amides is 1. The van der Waals surface area contributed by atoms with Crippen molar-refractivity contribution in [3.63, 3.8) is 0 Å². The molecule has 0 aromatic heterocycles. The Morgan fingerprint density at radius 2 is 1.67 bits per heavy atom. The second kappa shape index (κ2) is 9.93. The summed E-state index contributed by atoms with van der Waals surface area (Å²) in [7, 11) is 0. The van der Waals surface area contributed by atoms with Gasteiger partial charge in [-0.15, -0.1) is 0 Å². The van der Waals surface area contributed by atoms with Gasteiger partial charge in [-0.1, -0.05) is 29.8 Å². The standard InChI is InChI=1S/C16H12BrF2NO2.C2H6/c17-9-15(21)10-1-4-13(5-2-10)20-16(22)8-11-7-12(18)3-6-14(11)19;1-2/h1-7H,8-9H2,(H,20,22);1-2H3. The number of halogens is 3. The Labute approximate surface area is 148 Å². The van der Waals surface area contributed by atoms with E-state index < -0.39 is 17.5 Å². The molecule has 0 radical (unpaired) electrons. The Morgan fingerprint density at radius 3 is 2.25 bits per heavy atom. The molecule has 0 bridgehead atoms. The highest BCUT2D eigenvalue weighted by Crippen LogP contribution is 2.14. The molecule has 2 aromatic rings. The number of anilines is 1. The van der Waals surface area contributed by atoms with Gasteiger partial charge < -0.3 is 5.32 Å². The molecule has 1 amide bonds. The van der Waals surface area contributed by atoms with E-state index in [9.17, 15) is 18.4 Å². The summed E-state index contributed by atoms with van der Waals surface area (Å²) in [5.41, 5.74) is 0.988. The third-order valence-corrected chi connectivity index (χ3v) is 3.48. The van der Waals surface area contributed by atoms with Crippen LogP contribution in [0.25, 0.3) is 0 Å². The van der Waals surface area contributed by atoms with Crippen LogP contribution >= 0.6 is 15.9 Å². The van der Waals surface area contributed by atoms with Crippen LogP contribution in [-0.4, -0.2) is 17.0 Å². The van der Waals surface area contributed by atoms with Crippen LogP contribution in [0.15, 0.2) is 42.5 Å². The zero-order valence-corrected chi connectivity index (χ0v) is 15.0. The van der Waals surface area contributed by atoms with Crippen LogP contribution in [0.3, 0.4) is 0 Å². The van der Waals surface area contributed by atoms with Crippen molar-refractivity contribution in [2.75, 3.05) is 10.6 Å². The SMILES string of the molecule is CC.O=C(Cc1cc(F)ccc1F)Nc1ccc(C(=O)CBr)cc1. The maximum Gasteiger partial charge on any atom is 0.228 e. The first-order valence-corrected chi connectivity index (χ1v) is 8.55. The first kappa shape index (κ1) is 20.0. The summed E-state index contributed by atoms with van der Waals surface area (Å²) in [5, 5.41) is 2.79. The van der Waals surface area contributed by atoms with Crippen molar-refractivity contribution in [3.05, 3.63) is 65.2 Å². The lowest BCUT2D eigenvalue weighted by molar-refractivity contribution is -0.115. The normalized spacial score (nSPS) is 9.71. The first-order chi connectivity index (χ1) is 11.5. The Kier molecular flexibility index (Phi) is 8.26. The van der Waals surface area contributed by atoms with Crippen LogP contribution in [-0.2, 0) is 11.2 Å². The predicted octanol–water partition coefficient (Wildman–Crippen LogP) is 4.75. The van der Waals surface area contributed by atoms with Crippen molar-refractivity contribution in [2.45, 2.75) is 20.3 Å². The zero-order chi connectivity index (χ0) is 18.1. The first-order valence-electron chi connectivity index (χ1n) is 7.42. The molecule has 2 rings (SSSR count). The third kappa shape index (κ3) is 5.85. The zero-order valence-electron chi connectivity index (χ0n) is 13.4. The minimum atomic E-state index is -0.630. The van der Waals surface area contributed by atoms with E-state index in [1.807, 2.05) is 13.8 Å². The maximum absolute atomic E-state index is 13.5. The fourth-order valence-electron chi connectivity index (χ4n) is 1.87. The molecule has 1 N–H and O–H groups in total. The van der Waals surface area contributed by atoms with Gasteiger partial charge in [0.25, 0.3) is 0 Å². The van der Waals surface area contributed by atoms with E-state index in [1.165, 1.54) is 0 Å². The molecular weight excluding hydrogens is 380 g/mol. The lowest BCUT2D eigenvalue weighted by atomic mass is 10.1. The van der Waals surface area contributed by atoms with Gasteiger partial charge in [0.15, 0.2) is 5.78 Å². The number of carbonyl (C=O) groups excluding carboxylic acids is 2. The van der Waals surface area contributed by atoms with Gasteiger partial charge in [0.1, 0.15) is 11.6 Å². The fraction of sp³-hybridized carbons (Fsp3) is 0.222. The highest BCUT2D eigenvalue weighted by atomic mass is 79.9. The van der Waals surface area contributed by atoms with Crippen LogP contribution in [0.5, 0.6) is 0 Å². The van der Waals surface area contributed by atoms with E-state index in [0.29, 0.717) is 11.3 Å². The minimum absolute atomic E-state index is 0.0106. The number of alkyl halides is 1. The maximum atomic E-state index is 13.5. The average molecular weight is 398 g/mol. The van der Waals surface area contributed by atoms with Gasteiger partial charge in [-0.3, -0.25) is 9.59 Å². The molecule has 0 saturated carbocycles. The number of nitrogens with one attached hydrogen (secondary N) is 1. The van der Waals surface area contributed by atoms with E-state index in [2.05, 4.69) is 21.2 Å². The Bertz CT molecular complexity index is 703. The molecule has 0 saturated heterocycles. The van der Waals surface area contributed by atoms with Crippen molar-refractivity contribution in [2.24, 2.45) is 0 Å². The van der Waals surface area contributed by atoms with Crippen molar-refractivity contribution in [1.82, 2.24) is 0 Å². The summed E-state index contributed by atoms with van der Waals surface area (Å²) >= 11 is 3.07. The molecule has 24 heavy (non-hydrogen) atoms. The number of carbonyl (C=O) groups is 2. The second-order valence-corrected chi connectivity index (χ2v) is 5.16. The molecule has 0 aliphatic heterocycles. The summed E-state index contributed by atoms with van der Waals surface area (Å²) in [6.07, 6.45) is -0.272. The van der Waals surface area contributed by atoms with Crippen molar-refractivity contribution in [3.8, 4) is 0 Å². The van der Waals surface area contributed by atoms with Gasteiger partial charge in [0.05, 0.1) is 11.8 Å². The fourth-order valence-corrected chi connectivity index (χ4v) is 2.20. The quantitative estimate of drug-likeness (QED) is 0.584. The summed E-state index contributed by atoms with van der Waals surface area (Å²) in [6.45, 7) is 4.00. The lowest BCUT2D eigenvalue weighted by Crippen LogP contribution is -2.15. The average Bonchev–Trinajstić information content (AvgIpc) is 2.60. The van der Waals surface area contributed by atoms with E-state index in [1.54, 1.807) is 24.3 Å². The molecule has 0 fully saturated rings. The number of benzene rings is 2. The number of Topliss-reactive ketones (excluding diaryl/α,β-unsaturated/α-hetero) is 1. The van der Waals surface area contributed by atoms with Crippen molar-refractivity contribution < 1.29 is 18.4 Å². The minimum Gasteiger partial charge on any atom is -0.326 e. The van der Waals surface area contributed by atoms with E-state index in [-0.39, 0.29) is 23.1 Å². The van der Waals surface area contributed by atoms with E-state index in [4.69, 9.17) is 0 Å². The molecule has 0 atom stereocenters. The smallest absolute Gasteiger partial charge is 0.228 e. The monoisotopic (exact) mass is 397 g/mol.